The van der Waals surface area contributed by atoms with Crippen molar-refractivity contribution in [2.45, 2.75) is 55.3 Å². The van der Waals surface area contributed by atoms with Crippen molar-refractivity contribution in [3.8, 4) is 0 Å². The quantitative estimate of drug-likeness (QED) is 0.801. The number of benzene rings is 1. The lowest BCUT2D eigenvalue weighted by Crippen LogP contribution is -1.99. The molecule has 1 fully saturated rings. The molecule has 1 nitrogen and oxygen atoms in total. The van der Waals surface area contributed by atoms with Crippen LogP contribution in [0.3, 0.4) is 0 Å². The normalized spacial score (nSPS) is 18.3. The summed E-state index contributed by atoms with van der Waals surface area (Å²) in [6.07, 6.45) is 8.36. The molecule has 16 heavy (non-hydrogen) atoms. The Kier molecular flexibility index (Phi) is 4.73. The average molecular weight is 236 g/mol. The Balaban J connectivity index is 1.91. The monoisotopic (exact) mass is 236 g/mol. The minimum absolute atomic E-state index is 0.147. The van der Waals surface area contributed by atoms with Crippen LogP contribution in [0.25, 0.3) is 0 Å². The van der Waals surface area contributed by atoms with Crippen LogP contribution in [0, 0.1) is 0 Å². The van der Waals surface area contributed by atoms with Gasteiger partial charge in [-0.3, -0.25) is 0 Å². The van der Waals surface area contributed by atoms with Crippen molar-refractivity contribution in [3.05, 3.63) is 29.8 Å². The number of hydrogen-bond donors (Lipinski definition) is 1. The predicted octanol–water partition coefficient (Wildman–Crippen LogP) is 3.99. The van der Waals surface area contributed by atoms with Crippen molar-refractivity contribution < 1.29 is 5.11 Å². The number of thioether (sulfide) groups is 1. The van der Waals surface area contributed by atoms with E-state index in [4.69, 9.17) is 5.11 Å². The van der Waals surface area contributed by atoms with Gasteiger partial charge in [0.2, 0.25) is 0 Å². The van der Waals surface area contributed by atoms with Crippen LogP contribution in [-0.4, -0.2) is 10.4 Å². The van der Waals surface area contributed by atoms with E-state index in [0.717, 1.165) is 10.8 Å². The van der Waals surface area contributed by atoms with Crippen molar-refractivity contribution in [1.29, 1.82) is 0 Å². The fourth-order valence-corrected chi connectivity index (χ4v) is 3.47. The summed E-state index contributed by atoms with van der Waals surface area (Å²) in [7, 11) is 0. The molecule has 0 amide bonds. The molecule has 0 radical (unpaired) electrons. The van der Waals surface area contributed by atoms with Crippen LogP contribution in [-0.2, 0) is 6.61 Å². The topological polar surface area (TPSA) is 20.2 Å². The molecule has 0 unspecified atom stereocenters. The molecule has 0 atom stereocenters. The van der Waals surface area contributed by atoms with Crippen molar-refractivity contribution in [2.24, 2.45) is 0 Å². The highest BCUT2D eigenvalue weighted by Gasteiger charge is 2.13. The standard InChI is InChI=1S/C14H20OS/c15-11-12-7-9-14(10-8-12)16-13-5-3-1-2-4-6-13/h7-10,13,15H,1-6,11H2. The van der Waals surface area contributed by atoms with E-state index in [-0.39, 0.29) is 6.61 Å². The first-order chi connectivity index (χ1) is 7.88. The third-order valence-electron chi connectivity index (χ3n) is 3.21. The largest absolute Gasteiger partial charge is 0.392 e. The highest BCUT2D eigenvalue weighted by molar-refractivity contribution is 8.00. The van der Waals surface area contributed by atoms with E-state index in [1.165, 1.54) is 43.4 Å². The first-order valence-electron chi connectivity index (χ1n) is 6.25. The third-order valence-corrected chi connectivity index (χ3v) is 4.56. The summed E-state index contributed by atoms with van der Waals surface area (Å²) in [5.41, 5.74) is 1.00. The summed E-state index contributed by atoms with van der Waals surface area (Å²) in [5, 5.41) is 9.79. The first-order valence-corrected chi connectivity index (χ1v) is 7.13. The molecular formula is C14H20OS. The maximum absolute atomic E-state index is 8.98. The van der Waals surface area contributed by atoms with Crippen molar-refractivity contribution in [1.82, 2.24) is 0 Å². The Hall–Kier alpha value is -0.470. The number of hydrogen-bond acceptors (Lipinski definition) is 2. The van der Waals surface area contributed by atoms with Gasteiger partial charge in [-0.05, 0) is 30.5 Å². The van der Waals surface area contributed by atoms with Gasteiger partial charge in [0, 0.05) is 10.1 Å². The van der Waals surface area contributed by atoms with Gasteiger partial charge in [0.15, 0.2) is 0 Å². The van der Waals surface area contributed by atoms with Crippen LogP contribution >= 0.6 is 11.8 Å². The lowest BCUT2D eigenvalue weighted by Gasteiger charge is -2.13. The highest BCUT2D eigenvalue weighted by Crippen LogP contribution is 2.32. The lowest BCUT2D eigenvalue weighted by atomic mass is 10.2. The maximum Gasteiger partial charge on any atom is 0.0681 e. The number of aliphatic hydroxyl groups excluding tert-OH is 1. The predicted molar refractivity (Wildman–Crippen MR) is 69.7 cm³/mol. The smallest absolute Gasteiger partial charge is 0.0681 e. The Morgan fingerprint density at radius 3 is 2.19 bits per heavy atom. The summed E-state index contributed by atoms with van der Waals surface area (Å²) < 4.78 is 0. The summed E-state index contributed by atoms with van der Waals surface area (Å²) >= 11 is 2.02. The molecule has 1 aromatic carbocycles. The Labute approximate surface area is 102 Å². The van der Waals surface area contributed by atoms with Crippen LogP contribution in [0.15, 0.2) is 29.2 Å². The summed E-state index contributed by atoms with van der Waals surface area (Å²) in [5.74, 6) is 0. The molecule has 0 bridgehead atoms. The van der Waals surface area contributed by atoms with Crippen LogP contribution in [0.2, 0.25) is 0 Å². The number of rotatable bonds is 3. The summed E-state index contributed by atoms with van der Waals surface area (Å²) in [4.78, 5) is 1.35. The van der Waals surface area contributed by atoms with E-state index in [0.29, 0.717) is 0 Å². The summed E-state index contributed by atoms with van der Waals surface area (Å²) in [6.45, 7) is 0.147. The minimum Gasteiger partial charge on any atom is -0.392 e. The molecule has 2 heteroatoms. The molecule has 1 saturated carbocycles. The Bertz CT molecular complexity index is 299. The summed E-state index contributed by atoms with van der Waals surface area (Å²) in [6, 6.07) is 8.33. The van der Waals surface area contributed by atoms with Crippen LogP contribution < -0.4 is 0 Å². The third kappa shape index (κ3) is 3.53. The molecule has 0 heterocycles. The number of aliphatic hydroxyl groups is 1. The second-order valence-corrected chi connectivity index (χ2v) is 5.91. The molecule has 1 aliphatic carbocycles. The van der Waals surface area contributed by atoms with Crippen molar-refractivity contribution in [3.63, 3.8) is 0 Å². The van der Waals surface area contributed by atoms with Crippen molar-refractivity contribution >= 4 is 11.8 Å². The minimum atomic E-state index is 0.147. The van der Waals surface area contributed by atoms with Crippen molar-refractivity contribution in [2.75, 3.05) is 0 Å². The van der Waals surface area contributed by atoms with Gasteiger partial charge in [-0.2, -0.15) is 0 Å². The van der Waals surface area contributed by atoms with Crippen LogP contribution in [0.4, 0.5) is 0 Å². The molecule has 1 N–H and O–H groups in total. The van der Waals surface area contributed by atoms with E-state index in [1.54, 1.807) is 0 Å². The zero-order chi connectivity index (χ0) is 11.2. The fraction of sp³-hybridized carbons (Fsp3) is 0.571. The SMILES string of the molecule is OCc1ccc(SC2CCCCCC2)cc1. The first kappa shape index (κ1) is 12.0. The van der Waals surface area contributed by atoms with E-state index in [1.807, 2.05) is 23.9 Å². The molecule has 1 aromatic rings. The van der Waals surface area contributed by atoms with E-state index < -0.39 is 0 Å². The Morgan fingerprint density at radius 2 is 1.62 bits per heavy atom. The van der Waals surface area contributed by atoms with E-state index >= 15 is 0 Å². The molecule has 0 saturated heterocycles. The van der Waals surface area contributed by atoms with Gasteiger partial charge in [0.05, 0.1) is 6.61 Å². The van der Waals surface area contributed by atoms with Gasteiger partial charge < -0.3 is 5.11 Å². The molecule has 0 aliphatic heterocycles. The zero-order valence-electron chi connectivity index (χ0n) is 9.69. The van der Waals surface area contributed by atoms with E-state index in [9.17, 15) is 0 Å². The van der Waals surface area contributed by atoms with Crippen LogP contribution in [0.1, 0.15) is 44.1 Å². The van der Waals surface area contributed by atoms with Gasteiger partial charge in [-0.25, -0.2) is 0 Å². The van der Waals surface area contributed by atoms with Gasteiger partial charge in [-0.1, -0.05) is 37.8 Å². The van der Waals surface area contributed by atoms with E-state index in [2.05, 4.69) is 12.1 Å². The Morgan fingerprint density at radius 1 is 1.00 bits per heavy atom. The lowest BCUT2D eigenvalue weighted by molar-refractivity contribution is 0.282. The molecule has 0 spiro atoms. The average Bonchev–Trinajstić information content (AvgIpc) is 2.59. The second kappa shape index (κ2) is 6.31. The maximum atomic E-state index is 8.98. The van der Waals surface area contributed by atoms with Gasteiger partial charge in [-0.15, -0.1) is 11.8 Å². The molecular weight excluding hydrogens is 216 g/mol. The van der Waals surface area contributed by atoms with Gasteiger partial charge >= 0.3 is 0 Å². The molecule has 1 aliphatic rings. The fourth-order valence-electron chi connectivity index (χ4n) is 2.23. The molecule has 0 aromatic heterocycles. The second-order valence-electron chi connectivity index (χ2n) is 4.53. The highest BCUT2D eigenvalue weighted by atomic mass is 32.2. The zero-order valence-corrected chi connectivity index (χ0v) is 10.5. The van der Waals surface area contributed by atoms with Gasteiger partial charge in [0.1, 0.15) is 0 Å². The molecule has 88 valence electrons. The van der Waals surface area contributed by atoms with Crippen LogP contribution in [0.5, 0.6) is 0 Å². The molecule has 2 rings (SSSR count). The van der Waals surface area contributed by atoms with Gasteiger partial charge in [0.25, 0.3) is 0 Å².